The molecule has 1 aromatic carbocycles. The molecule has 3 nitrogen and oxygen atoms in total. The summed E-state index contributed by atoms with van der Waals surface area (Å²) in [6, 6.07) is 6.21. The van der Waals surface area contributed by atoms with E-state index in [0.29, 0.717) is 5.82 Å². The van der Waals surface area contributed by atoms with Gasteiger partial charge in [0.1, 0.15) is 5.82 Å². The van der Waals surface area contributed by atoms with E-state index < -0.39 is 0 Å². The van der Waals surface area contributed by atoms with E-state index in [4.69, 9.17) is 5.73 Å². The van der Waals surface area contributed by atoms with E-state index in [2.05, 4.69) is 38.0 Å². The number of nitrogens with two attached hydrogens (primary N) is 1. The summed E-state index contributed by atoms with van der Waals surface area (Å²) in [6.07, 6.45) is 1.73. The van der Waals surface area contributed by atoms with Crippen LogP contribution in [0.5, 0.6) is 0 Å². The van der Waals surface area contributed by atoms with Crippen LogP contribution >= 0.6 is 0 Å². The molecule has 84 valence electrons. The molecule has 0 atom stereocenters. The molecule has 1 aromatic heterocycles. The summed E-state index contributed by atoms with van der Waals surface area (Å²) in [5.41, 5.74) is 11.0. The fourth-order valence-electron chi connectivity index (χ4n) is 2.08. The van der Waals surface area contributed by atoms with E-state index in [1.165, 1.54) is 22.3 Å². The summed E-state index contributed by atoms with van der Waals surface area (Å²) in [7, 11) is 0. The fourth-order valence-corrected chi connectivity index (χ4v) is 2.08. The van der Waals surface area contributed by atoms with Gasteiger partial charge in [-0.2, -0.15) is 5.10 Å². The van der Waals surface area contributed by atoms with Crippen molar-refractivity contribution in [3.8, 4) is 0 Å². The number of aryl methyl sites for hydroxylation is 3. The monoisotopic (exact) mass is 215 g/mol. The number of rotatable bonds is 2. The molecule has 3 heteroatoms. The topological polar surface area (TPSA) is 43.8 Å². The molecule has 0 unspecified atom stereocenters. The summed E-state index contributed by atoms with van der Waals surface area (Å²) in [5.74, 6) is 0.708. The Morgan fingerprint density at radius 1 is 1.19 bits per heavy atom. The molecule has 0 saturated heterocycles. The van der Waals surface area contributed by atoms with Crippen molar-refractivity contribution in [1.82, 2.24) is 9.78 Å². The van der Waals surface area contributed by atoms with Crippen molar-refractivity contribution >= 4 is 5.82 Å². The van der Waals surface area contributed by atoms with Gasteiger partial charge < -0.3 is 5.73 Å². The van der Waals surface area contributed by atoms with E-state index in [9.17, 15) is 0 Å². The molecule has 1 heterocycles. The maximum Gasteiger partial charge on any atom is 0.122 e. The van der Waals surface area contributed by atoms with Crippen LogP contribution in [-0.2, 0) is 6.54 Å². The highest BCUT2D eigenvalue weighted by molar-refractivity contribution is 5.38. The van der Waals surface area contributed by atoms with Gasteiger partial charge in [-0.25, -0.2) is 4.68 Å². The lowest BCUT2D eigenvalue weighted by atomic mass is 10.00. The largest absolute Gasteiger partial charge is 0.384 e. The Balaban J connectivity index is 2.39. The van der Waals surface area contributed by atoms with Gasteiger partial charge >= 0.3 is 0 Å². The van der Waals surface area contributed by atoms with Crippen molar-refractivity contribution in [2.24, 2.45) is 0 Å². The SMILES string of the molecule is Cc1cc(C)c(Cn2nccc2N)c(C)c1. The van der Waals surface area contributed by atoms with Crippen molar-refractivity contribution in [3.05, 3.63) is 46.6 Å². The molecule has 0 saturated carbocycles. The van der Waals surface area contributed by atoms with Gasteiger partial charge in [-0.05, 0) is 43.5 Å². The third-order valence-electron chi connectivity index (χ3n) is 2.90. The highest BCUT2D eigenvalue weighted by Gasteiger charge is 2.06. The summed E-state index contributed by atoms with van der Waals surface area (Å²) >= 11 is 0. The van der Waals surface area contributed by atoms with Crippen LogP contribution < -0.4 is 5.73 Å². The third kappa shape index (κ3) is 1.94. The molecule has 0 aliphatic carbocycles. The standard InChI is InChI=1S/C13H17N3/c1-9-6-10(2)12(11(3)7-9)8-16-13(14)4-5-15-16/h4-7H,8,14H2,1-3H3. The van der Waals surface area contributed by atoms with Crippen molar-refractivity contribution in [2.75, 3.05) is 5.73 Å². The van der Waals surface area contributed by atoms with Gasteiger partial charge in [0.2, 0.25) is 0 Å². The minimum atomic E-state index is 0.708. The van der Waals surface area contributed by atoms with E-state index in [1.54, 1.807) is 6.20 Å². The Kier molecular flexibility index (Phi) is 2.69. The second kappa shape index (κ2) is 4.00. The van der Waals surface area contributed by atoms with E-state index in [-0.39, 0.29) is 0 Å². The van der Waals surface area contributed by atoms with E-state index in [0.717, 1.165) is 6.54 Å². The van der Waals surface area contributed by atoms with Crippen LogP contribution in [0.2, 0.25) is 0 Å². The molecule has 16 heavy (non-hydrogen) atoms. The van der Waals surface area contributed by atoms with Crippen LogP contribution in [-0.4, -0.2) is 9.78 Å². The van der Waals surface area contributed by atoms with Crippen LogP contribution in [0.15, 0.2) is 24.4 Å². The predicted molar refractivity (Wildman–Crippen MR) is 66.4 cm³/mol. The molecule has 0 bridgehead atoms. The maximum atomic E-state index is 5.82. The number of nitrogen functional groups attached to an aromatic ring is 1. The lowest BCUT2D eigenvalue weighted by Gasteiger charge is -2.12. The molecular weight excluding hydrogens is 198 g/mol. The fraction of sp³-hybridized carbons (Fsp3) is 0.308. The van der Waals surface area contributed by atoms with Crippen molar-refractivity contribution < 1.29 is 0 Å². The zero-order valence-corrected chi connectivity index (χ0v) is 9.99. The maximum absolute atomic E-state index is 5.82. The number of nitrogens with zero attached hydrogens (tertiary/aromatic N) is 2. The van der Waals surface area contributed by atoms with Gasteiger partial charge in [0.25, 0.3) is 0 Å². The van der Waals surface area contributed by atoms with Gasteiger partial charge in [0.15, 0.2) is 0 Å². The average molecular weight is 215 g/mol. The smallest absolute Gasteiger partial charge is 0.122 e. The Morgan fingerprint density at radius 3 is 2.31 bits per heavy atom. The highest BCUT2D eigenvalue weighted by Crippen LogP contribution is 2.18. The van der Waals surface area contributed by atoms with Crippen LogP contribution in [0.25, 0.3) is 0 Å². The summed E-state index contributed by atoms with van der Waals surface area (Å²) < 4.78 is 1.82. The van der Waals surface area contributed by atoms with E-state index >= 15 is 0 Å². The molecule has 0 radical (unpaired) electrons. The predicted octanol–water partition coefficient (Wildman–Crippen LogP) is 2.44. The quantitative estimate of drug-likeness (QED) is 0.836. The molecule has 2 N–H and O–H groups in total. The molecule has 0 aliphatic rings. The number of hydrogen-bond donors (Lipinski definition) is 1. The number of benzene rings is 1. The molecule has 2 rings (SSSR count). The van der Waals surface area contributed by atoms with Gasteiger partial charge in [0, 0.05) is 0 Å². The lowest BCUT2D eigenvalue weighted by Crippen LogP contribution is -2.08. The first-order chi connectivity index (χ1) is 7.58. The number of aromatic nitrogens is 2. The molecule has 0 spiro atoms. The lowest BCUT2D eigenvalue weighted by molar-refractivity contribution is 0.691. The van der Waals surface area contributed by atoms with Crippen LogP contribution in [0.3, 0.4) is 0 Å². The second-order valence-electron chi connectivity index (χ2n) is 4.29. The Labute approximate surface area is 95.9 Å². The van der Waals surface area contributed by atoms with Crippen molar-refractivity contribution in [2.45, 2.75) is 27.3 Å². The van der Waals surface area contributed by atoms with Crippen molar-refractivity contribution in [3.63, 3.8) is 0 Å². The van der Waals surface area contributed by atoms with Crippen molar-refractivity contribution in [1.29, 1.82) is 0 Å². The summed E-state index contributed by atoms with van der Waals surface area (Å²) in [5, 5.41) is 4.21. The molecular formula is C13H17N3. The minimum Gasteiger partial charge on any atom is -0.384 e. The average Bonchev–Trinajstić information content (AvgIpc) is 2.57. The Bertz CT molecular complexity index is 489. The van der Waals surface area contributed by atoms with Crippen LogP contribution in [0.4, 0.5) is 5.82 Å². The third-order valence-corrected chi connectivity index (χ3v) is 2.90. The number of anilines is 1. The molecule has 0 fully saturated rings. The van der Waals surface area contributed by atoms with Gasteiger partial charge in [-0.1, -0.05) is 17.7 Å². The first kappa shape index (κ1) is 10.7. The van der Waals surface area contributed by atoms with Crippen LogP contribution in [0.1, 0.15) is 22.3 Å². The first-order valence-electron chi connectivity index (χ1n) is 5.42. The van der Waals surface area contributed by atoms with Gasteiger partial charge in [0.05, 0.1) is 12.7 Å². The highest BCUT2D eigenvalue weighted by atomic mass is 15.3. The number of hydrogen-bond acceptors (Lipinski definition) is 2. The van der Waals surface area contributed by atoms with Gasteiger partial charge in [-0.15, -0.1) is 0 Å². The second-order valence-corrected chi connectivity index (χ2v) is 4.29. The zero-order chi connectivity index (χ0) is 11.7. The molecule has 0 aliphatic heterocycles. The minimum absolute atomic E-state index is 0.708. The summed E-state index contributed by atoms with van der Waals surface area (Å²) in [4.78, 5) is 0. The normalized spacial score (nSPS) is 10.7. The van der Waals surface area contributed by atoms with E-state index in [1.807, 2.05) is 10.7 Å². The summed E-state index contributed by atoms with van der Waals surface area (Å²) in [6.45, 7) is 7.13. The zero-order valence-electron chi connectivity index (χ0n) is 9.99. The molecule has 2 aromatic rings. The molecule has 0 amide bonds. The Morgan fingerprint density at radius 2 is 1.81 bits per heavy atom. The Hall–Kier alpha value is -1.77. The van der Waals surface area contributed by atoms with Crippen LogP contribution in [0, 0.1) is 20.8 Å². The van der Waals surface area contributed by atoms with Gasteiger partial charge in [-0.3, -0.25) is 0 Å². The first-order valence-corrected chi connectivity index (χ1v) is 5.42.